The lowest BCUT2D eigenvalue weighted by Crippen LogP contribution is -2.39. The Morgan fingerprint density at radius 1 is 0.660 bits per heavy atom. The second-order valence-electron chi connectivity index (χ2n) is 12.2. The summed E-state index contributed by atoms with van der Waals surface area (Å²) in [5, 5.41) is 1.48. The molecule has 262 valence electrons. The minimum Gasteiger partial charge on any atom is -0.341 e. The molecule has 1 amide bonds. The third-order valence-corrected chi connectivity index (χ3v) is 8.67. The van der Waals surface area contributed by atoms with E-state index in [9.17, 15) is 45.1 Å². The molecular formula is C34H29F7N6O3. The van der Waals surface area contributed by atoms with Gasteiger partial charge in [0.2, 0.25) is 0 Å². The van der Waals surface area contributed by atoms with Gasteiger partial charge in [-0.15, -0.1) is 0 Å². The first kappa shape index (κ1) is 36.2. The van der Waals surface area contributed by atoms with Crippen molar-refractivity contribution in [2.24, 2.45) is 5.73 Å². The van der Waals surface area contributed by atoms with E-state index in [2.05, 4.69) is 19.9 Å². The molecule has 0 atom stereocenters. The van der Waals surface area contributed by atoms with Crippen molar-refractivity contribution in [1.82, 2.24) is 25.3 Å². The van der Waals surface area contributed by atoms with E-state index in [1.54, 1.807) is 6.07 Å². The summed E-state index contributed by atoms with van der Waals surface area (Å²) in [5.74, 6) is -5.81. The van der Waals surface area contributed by atoms with Crippen LogP contribution >= 0.6 is 0 Å². The monoisotopic (exact) mass is 702 g/mol. The molecule has 0 bridgehead atoms. The van der Waals surface area contributed by atoms with Crippen molar-refractivity contribution in [2.45, 2.75) is 55.5 Å². The summed E-state index contributed by atoms with van der Waals surface area (Å²) in [6, 6.07) is 7.71. The summed E-state index contributed by atoms with van der Waals surface area (Å²) in [6.07, 6.45) is 4.29. The number of Topliss-reactive ketones (excluding diaryl/α,β-unsaturated/α-hetero) is 2. The van der Waals surface area contributed by atoms with Crippen LogP contribution in [0.25, 0.3) is 0 Å². The van der Waals surface area contributed by atoms with Crippen LogP contribution in [0.3, 0.4) is 0 Å². The van der Waals surface area contributed by atoms with Crippen LogP contribution in [0.15, 0.2) is 61.2 Å². The van der Waals surface area contributed by atoms with Crippen molar-refractivity contribution in [3.05, 3.63) is 118 Å². The molecule has 2 fully saturated rings. The standard InChI is InChI=1S/C18H14F5N3O2.C16H15F2N3O/c19-12-2-1-11(5-13(12)20)17(3-4-17)6-15-24-7-10(8-25-15)14(27)9-26-16(28)18(21,22)23;17-12-2-1-11(5-13(12)18)16(3-4-16)6-15-20-8-10(9-21-15)14(22)7-19/h1-2,5,7-8H,3-4,6,9H2,(H,26,28);1-2,5,8-9H,3-4,6-7,19H2. The summed E-state index contributed by atoms with van der Waals surface area (Å²) in [6.45, 7) is -0.915. The first-order valence-electron chi connectivity index (χ1n) is 15.3. The number of nitrogens with one attached hydrogen (secondary N) is 1. The number of rotatable bonds is 11. The van der Waals surface area contributed by atoms with Gasteiger partial charge in [-0.1, -0.05) is 12.1 Å². The first-order chi connectivity index (χ1) is 23.6. The lowest BCUT2D eigenvalue weighted by Gasteiger charge is -2.15. The van der Waals surface area contributed by atoms with Crippen LogP contribution in [0.4, 0.5) is 30.7 Å². The van der Waals surface area contributed by atoms with Crippen LogP contribution in [0.1, 0.15) is 69.2 Å². The largest absolute Gasteiger partial charge is 0.471 e. The van der Waals surface area contributed by atoms with Gasteiger partial charge in [-0.2, -0.15) is 13.2 Å². The number of alkyl halides is 3. The lowest BCUT2D eigenvalue weighted by molar-refractivity contribution is -0.173. The SMILES string of the molecule is NCC(=O)c1cnc(CC2(c3ccc(F)c(F)c3)CC2)nc1.O=C(CNC(=O)C(F)(F)F)c1cnc(CC2(c3ccc(F)c(F)c3)CC2)nc1. The second-order valence-corrected chi connectivity index (χ2v) is 12.2. The van der Waals surface area contributed by atoms with Crippen molar-refractivity contribution in [1.29, 1.82) is 0 Å². The Labute approximate surface area is 280 Å². The van der Waals surface area contributed by atoms with Crippen molar-refractivity contribution >= 4 is 17.5 Å². The highest BCUT2D eigenvalue weighted by atomic mass is 19.4. The Kier molecular flexibility index (Phi) is 10.4. The minimum absolute atomic E-state index is 0.0519. The quantitative estimate of drug-likeness (QED) is 0.163. The maximum absolute atomic E-state index is 13.5. The van der Waals surface area contributed by atoms with Gasteiger partial charge in [0.15, 0.2) is 34.8 Å². The molecule has 2 aliphatic carbocycles. The Morgan fingerprint density at radius 3 is 1.40 bits per heavy atom. The maximum Gasteiger partial charge on any atom is 0.471 e. The summed E-state index contributed by atoms with van der Waals surface area (Å²) >= 11 is 0. The fraction of sp³-hybridized carbons (Fsp3) is 0.324. The molecule has 2 aliphatic rings. The number of benzene rings is 2. The number of amides is 1. The molecule has 50 heavy (non-hydrogen) atoms. The predicted molar refractivity (Wildman–Crippen MR) is 163 cm³/mol. The van der Waals surface area contributed by atoms with Crippen LogP contribution in [-0.4, -0.2) is 56.7 Å². The van der Waals surface area contributed by atoms with E-state index in [0.29, 0.717) is 35.6 Å². The first-order valence-corrected chi connectivity index (χ1v) is 15.3. The van der Waals surface area contributed by atoms with Gasteiger partial charge in [-0.25, -0.2) is 37.5 Å². The summed E-state index contributed by atoms with van der Waals surface area (Å²) in [4.78, 5) is 50.4. The highest BCUT2D eigenvalue weighted by Crippen LogP contribution is 2.51. The second kappa shape index (κ2) is 14.4. The third-order valence-electron chi connectivity index (χ3n) is 8.67. The zero-order valence-electron chi connectivity index (χ0n) is 26.2. The van der Waals surface area contributed by atoms with Gasteiger partial charge in [0.05, 0.1) is 24.2 Å². The Balaban J connectivity index is 0.000000200. The van der Waals surface area contributed by atoms with Crippen molar-refractivity contribution in [3.8, 4) is 0 Å². The molecule has 2 heterocycles. The maximum atomic E-state index is 13.5. The highest BCUT2D eigenvalue weighted by Gasteiger charge is 2.46. The molecule has 6 rings (SSSR count). The fourth-order valence-electron chi connectivity index (χ4n) is 5.35. The van der Waals surface area contributed by atoms with E-state index in [1.807, 2.05) is 0 Å². The third kappa shape index (κ3) is 8.53. The molecule has 2 saturated carbocycles. The normalized spacial score (nSPS) is 15.4. The Morgan fingerprint density at radius 2 is 1.06 bits per heavy atom. The topological polar surface area (TPSA) is 141 Å². The van der Waals surface area contributed by atoms with Gasteiger partial charge in [-0.3, -0.25) is 14.4 Å². The molecule has 0 saturated heterocycles. The van der Waals surface area contributed by atoms with Gasteiger partial charge >= 0.3 is 12.1 Å². The van der Waals surface area contributed by atoms with Crippen molar-refractivity contribution in [2.75, 3.05) is 13.1 Å². The zero-order chi connectivity index (χ0) is 36.3. The van der Waals surface area contributed by atoms with Gasteiger partial charge in [0.1, 0.15) is 11.6 Å². The Bertz CT molecular complexity index is 1900. The molecule has 2 aromatic heterocycles. The number of hydrogen-bond acceptors (Lipinski definition) is 8. The summed E-state index contributed by atoms with van der Waals surface area (Å²) in [7, 11) is 0. The number of aromatic nitrogens is 4. The zero-order valence-corrected chi connectivity index (χ0v) is 26.2. The minimum atomic E-state index is -5.07. The molecule has 0 unspecified atom stereocenters. The van der Waals surface area contributed by atoms with E-state index in [-0.39, 0.29) is 23.3 Å². The number of halogens is 7. The summed E-state index contributed by atoms with van der Waals surface area (Å²) in [5.41, 5.74) is 6.37. The number of nitrogens with two attached hydrogens (primary N) is 1. The van der Waals surface area contributed by atoms with Crippen molar-refractivity contribution < 1.29 is 45.1 Å². The highest BCUT2D eigenvalue weighted by molar-refractivity contribution is 5.99. The van der Waals surface area contributed by atoms with Gasteiger partial charge < -0.3 is 11.1 Å². The van der Waals surface area contributed by atoms with E-state index in [4.69, 9.17) is 5.73 Å². The van der Waals surface area contributed by atoms with Crippen LogP contribution < -0.4 is 11.1 Å². The molecule has 4 aromatic rings. The number of hydrogen-bond donors (Lipinski definition) is 2. The molecule has 16 heteroatoms. The molecule has 3 N–H and O–H groups in total. The van der Waals surface area contributed by atoms with Gasteiger partial charge in [-0.05, 0) is 61.1 Å². The van der Waals surface area contributed by atoms with Crippen LogP contribution in [0, 0.1) is 23.3 Å². The molecule has 0 spiro atoms. The fourth-order valence-corrected chi connectivity index (χ4v) is 5.35. The van der Waals surface area contributed by atoms with E-state index >= 15 is 0 Å². The predicted octanol–water partition coefficient (Wildman–Crippen LogP) is 5.06. The average molecular weight is 703 g/mol. The lowest BCUT2D eigenvalue weighted by atomic mass is 9.92. The molecule has 0 radical (unpaired) electrons. The van der Waals surface area contributed by atoms with Crippen LogP contribution in [0.2, 0.25) is 0 Å². The van der Waals surface area contributed by atoms with Crippen LogP contribution in [-0.2, 0) is 28.5 Å². The molecule has 9 nitrogen and oxygen atoms in total. The molecular weight excluding hydrogens is 673 g/mol. The smallest absolute Gasteiger partial charge is 0.341 e. The molecule has 2 aromatic carbocycles. The van der Waals surface area contributed by atoms with E-state index in [1.165, 1.54) is 29.8 Å². The summed E-state index contributed by atoms with van der Waals surface area (Å²) < 4.78 is 89.4. The van der Waals surface area contributed by atoms with Crippen LogP contribution in [0.5, 0.6) is 0 Å². The van der Waals surface area contributed by atoms with E-state index < -0.39 is 53.1 Å². The number of carbonyl (C=O) groups excluding carboxylic acids is 3. The van der Waals surface area contributed by atoms with Gasteiger partial charge in [0, 0.05) is 48.5 Å². The van der Waals surface area contributed by atoms with Gasteiger partial charge in [0.25, 0.3) is 0 Å². The average Bonchev–Trinajstić information content (AvgIpc) is 4.04. The number of carbonyl (C=O) groups is 3. The Hall–Kier alpha value is -5.12. The number of ketones is 2. The van der Waals surface area contributed by atoms with Crippen molar-refractivity contribution in [3.63, 3.8) is 0 Å². The molecule has 0 aliphatic heterocycles. The van der Waals surface area contributed by atoms with E-state index in [0.717, 1.165) is 61.8 Å². The number of nitrogens with zero attached hydrogens (tertiary/aromatic N) is 4.